The van der Waals surface area contributed by atoms with E-state index in [0.717, 1.165) is 0 Å². The lowest BCUT2D eigenvalue weighted by atomic mass is 10.1. The SMILES string of the molecule is CC1(C)C(C(=O)O)C1(Cl)CCl. The van der Waals surface area contributed by atoms with Gasteiger partial charge >= 0.3 is 5.97 Å². The van der Waals surface area contributed by atoms with E-state index < -0.39 is 16.8 Å². The predicted octanol–water partition coefficient (Wildman–Crippen LogP) is 1.94. The number of halogens is 2. The molecule has 0 aromatic rings. The largest absolute Gasteiger partial charge is 0.481 e. The van der Waals surface area contributed by atoms with Gasteiger partial charge in [-0.05, 0) is 0 Å². The van der Waals surface area contributed by atoms with Crippen LogP contribution in [-0.4, -0.2) is 21.8 Å². The predicted molar refractivity (Wildman–Crippen MR) is 44.2 cm³/mol. The summed E-state index contributed by atoms with van der Waals surface area (Å²) < 4.78 is 0. The van der Waals surface area contributed by atoms with E-state index in [1.54, 1.807) is 0 Å². The van der Waals surface area contributed by atoms with Crippen molar-refractivity contribution in [3.63, 3.8) is 0 Å². The maximum Gasteiger partial charge on any atom is 0.308 e. The van der Waals surface area contributed by atoms with Crippen molar-refractivity contribution in [2.75, 3.05) is 5.88 Å². The van der Waals surface area contributed by atoms with Crippen LogP contribution >= 0.6 is 23.2 Å². The zero-order chi connectivity index (χ0) is 8.86. The molecule has 1 N–H and O–H groups in total. The van der Waals surface area contributed by atoms with Crippen molar-refractivity contribution < 1.29 is 9.90 Å². The molecular weight excluding hydrogens is 187 g/mol. The Morgan fingerprint density at radius 2 is 2.09 bits per heavy atom. The molecule has 4 heteroatoms. The van der Waals surface area contributed by atoms with Crippen LogP contribution in [-0.2, 0) is 4.79 Å². The molecule has 1 aliphatic carbocycles. The van der Waals surface area contributed by atoms with Crippen molar-refractivity contribution in [2.24, 2.45) is 11.3 Å². The van der Waals surface area contributed by atoms with E-state index in [4.69, 9.17) is 28.3 Å². The molecule has 2 atom stereocenters. The van der Waals surface area contributed by atoms with Crippen molar-refractivity contribution >= 4 is 29.2 Å². The molecule has 1 rings (SSSR count). The molecule has 11 heavy (non-hydrogen) atoms. The van der Waals surface area contributed by atoms with Gasteiger partial charge in [-0.1, -0.05) is 13.8 Å². The number of hydrogen-bond acceptors (Lipinski definition) is 1. The molecule has 0 spiro atoms. The van der Waals surface area contributed by atoms with Crippen LogP contribution in [0.3, 0.4) is 0 Å². The van der Waals surface area contributed by atoms with Crippen LogP contribution in [0.15, 0.2) is 0 Å². The lowest BCUT2D eigenvalue weighted by Crippen LogP contribution is -2.12. The van der Waals surface area contributed by atoms with E-state index in [2.05, 4.69) is 0 Å². The van der Waals surface area contributed by atoms with Crippen LogP contribution in [0.1, 0.15) is 13.8 Å². The van der Waals surface area contributed by atoms with E-state index in [1.165, 1.54) is 0 Å². The molecule has 0 aromatic heterocycles. The number of carboxylic acid groups (broad SMARTS) is 1. The Morgan fingerprint density at radius 1 is 1.64 bits per heavy atom. The Morgan fingerprint density at radius 3 is 2.18 bits per heavy atom. The third kappa shape index (κ3) is 0.960. The van der Waals surface area contributed by atoms with Crippen molar-refractivity contribution in [2.45, 2.75) is 18.7 Å². The molecule has 0 aromatic carbocycles. The van der Waals surface area contributed by atoms with Gasteiger partial charge in [0, 0.05) is 11.3 Å². The summed E-state index contributed by atoms with van der Waals surface area (Å²) in [4.78, 5) is 9.87. The number of carboxylic acids is 1. The summed E-state index contributed by atoms with van der Waals surface area (Å²) in [5.41, 5.74) is -0.373. The highest BCUT2D eigenvalue weighted by Crippen LogP contribution is 2.66. The fraction of sp³-hybridized carbons (Fsp3) is 0.857. The first-order valence-corrected chi connectivity index (χ1v) is 4.27. The molecule has 0 radical (unpaired) electrons. The van der Waals surface area contributed by atoms with Gasteiger partial charge in [-0.15, -0.1) is 23.2 Å². The first-order valence-electron chi connectivity index (χ1n) is 3.35. The zero-order valence-corrected chi connectivity index (χ0v) is 7.91. The summed E-state index contributed by atoms with van der Waals surface area (Å²) >= 11 is 11.5. The van der Waals surface area contributed by atoms with Gasteiger partial charge in [0.1, 0.15) is 0 Å². The fourth-order valence-corrected chi connectivity index (χ4v) is 2.47. The van der Waals surface area contributed by atoms with Crippen LogP contribution in [0, 0.1) is 11.3 Å². The molecule has 0 amide bonds. The van der Waals surface area contributed by atoms with Gasteiger partial charge in [-0.2, -0.15) is 0 Å². The second-order valence-corrected chi connectivity index (χ2v) is 4.43. The fourth-order valence-electron chi connectivity index (χ4n) is 1.55. The van der Waals surface area contributed by atoms with E-state index in [-0.39, 0.29) is 11.3 Å². The van der Waals surface area contributed by atoms with Gasteiger partial charge in [-0.3, -0.25) is 4.79 Å². The highest BCUT2D eigenvalue weighted by molar-refractivity contribution is 6.35. The number of aliphatic carboxylic acids is 1. The Hall–Kier alpha value is 0.0500. The number of carbonyl (C=O) groups is 1. The molecule has 1 fully saturated rings. The second-order valence-electron chi connectivity index (χ2n) is 3.49. The lowest BCUT2D eigenvalue weighted by Gasteiger charge is -2.04. The molecule has 64 valence electrons. The molecular formula is C7H10Cl2O2. The first-order chi connectivity index (χ1) is 4.88. The smallest absolute Gasteiger partial charge is 0.308 e. The molecule has 0 bridgehead atoms. The molecule has 2 unspecified atom stereocenters. The quantitative estimate of drug-likeness (QED) is 0.687. The van der Waals surface area contributed by atoms with Crippen molar-refractivity contribution in [1.29, 1.82) is 0 Å². The van der Waals surface area contributed by atoms with Gasteiger partial charge in [0.25, 0.3) is 0 Å². The van der Waals surface area contributed by atoms with Crippen LogP contribution in [0.4, 0.5) is 0 Å². The lowest BCUT2D eigenvalue weighted by molar-refractivity contribution is -0.139. The minimum absolute atomic E-state index is 0.193. The topological polar surface area (TPSA) is 37.3 Å². The highest BCUT2D eigenvalue weighted by Gasteiger charge is 2.73. The molecule has 0 heterocycles. The zero-order valence-electron chi connectivity index (χ0n) is 6.40. The van der Waals surface area contributed by atoms with Gasteiger partial charge in [0.15, 0.2) is 0 Å². The minimum Gasteiger partial charge on any atom is -0.481 e. The number of alkyl halides is 2. The molecule has 0 saturated heterocycles. The summed E-state index contributed by atoms with van der Waals surface area (Å²) in [7, 11) is 0. The number of rotatable bonds is 2. The third-order valence-electron chi connectivity index (χ3n) is 2.61. The van der Waals surface area contributed by atoms with E-state index in [1.807, 2.05) is 13.8 Å². The number of hydrogen-bond donors (Lipinski definition) is 1. The van der Waals surface area contributed by atoms with Gasteiger partial charge in [0.05, 0.1) is 10.8 Å². The molecule has 1 saturated carbocycles. The van der Waals surface area contributed by atoms with Crippen LogP contribution in [0.5, 0.6) is 0 Å². The highest BCUT2D eigenvalue weighted by atomic mass is 35.5. The summed E-state index contributed by atoms with van der Waals surface area (Å²) in [6.45, 7) is 3.64. The summed E-state index contributed by atoms with van der Waals surface area (Å²) in [6, 6.07) is 0. The molecule has 2 nitrogen and oxygen atoms in total. The Labute approximate surface area is 75.5 Å². The average molecular weight is 197 g/mol. The van der Waals surface area contributed by atoms with Gasteiger partial charge in [0.2, 0.25) is 0 Å². The van der Waals surface area contributed by atoms with E-state index in [9.17, 15) is 4.79 Å². The van der Waals surface area contributed by atoms with Crippen molar-refractivity contribution in [1.82, 2.24) is 0 Å². The summed E-state index contributed by atoms with van der Waals surface area (Å²) in [5.74, 6) is -1.17. The van der Waals surface area contributed by atoms with E-state index in [0.29, 0.717) is 0 Å². The first kappa shape index (κ1) is 9.14. The van der Waals surface area contributed by atoms with Crippen LogP contribution in [0.25, 0.3) is 0 Å². The maximum absolute atomic E-state index is 10.6. The van der Waals surface area contributed by atoms with Crippen molar-refractivity contribution in [3.8, 4) is 0 Å². The standard InChI is InChI=1S/C7H10Cl2O2/c1-6(2)4(5(10)11)7(6,9)3-8/h4H,3H2,1-2H3,(H,10,11). The summed E-state index contributed by atoms with van der Waals surface area (Å²) in [5, 5.41) is 8.71. The second kappa shape index (κ2) is 2.27. The van der Waals surface area contributed by atoms with E-state index >= 15 is 0 Å². The Bertz CT molecular complexity index is 203. The third-order valence-corrected chi connectivity index (χ3v) is 4.01. The normalized spacial score (nSPS) is 40.2. The van der Waals surface area contributed by atoms with Gasteiger partial charge < -0.3 is 5.11 Å². The minimum atomic E-state index is -0.856. The Balaban J connectivity index is 2.83. The van der Waals surface area contributed by atoms with Crippen LogP contribution < -0.4 is 0 Å². The Kier molecular flexibility index (Phi) is 1.88. The van der Waals surface area contributed by atoms with Crippen molar-refractivity contribution in [3.05, 3.63) is 0 Å². The van der Waals surface area contributed by atoms with Crippen LogP contribution in [0.2, 0.25) is 0 Å². The van der Waals surface area contributed by atoms with Gasteiger partial charge in [-0.25, -0.2) is 0 Å². The monoisotopic (exact) mass is 196 g/mol. The summed E-state index contributed by atoms with van der Waals surface area (Å²) in [6.07, 6.45) is 0. The molecule has 0 aliphatic heterocycles. The average Bonchev–Trinajstić information content (AvgIpc) is 2.29. The maximum atomic E-state index is 10.6. The molecule has 1 aliphatic rings.